The van der Waals surface area contributed by atoms with Crippen molar-refractivity contribution in [3.8, 4) is 5.75 Å². The molecule has 108 valence electrons. The van der Waals surface area contributed by atoms with Crippen molar-refractivity contribution in [2.45, 2.75) is 19.4 Å². The van der Waals surface area contributed by atoms with Crippen LogP contribution in [0.5, 0.6) is 5.75 Å². The summed E-state index contributed by atoms with van der Waals surface area (Å²) in [6.45, 7) is 3.10. The summed E-state index contributed by atoms with van der Waals surface area (Å²) in [4.78, 5) is 0. The Morgan fingerprint density at radius 1 is 1.40 bits per heavy atom. The van der Waals surface area contributed by atoms with Gasteiger partial charge in [-0.2, -0.15) is 5.10 Å². The monoisotopic (exact) mass is 337 g/mol. The lowest BCUT2D eigenvalue weighted by Crippen LogP contribution is -2.25. The van der Waals surface area contributed by atoms with Crippen LogP contribution in [0.2, 0.25) is 0 Å². The number of hydrogen-bond acceptors (Lipinski definition) is 3. The summed E-state index contributed by atoms with van der Waals surface area (Å²) in [5.41, 5.74) is 2.29. The molecule has 5 heteroatoms. The van der Waals surface area contributed by atoms with Crippen LogP contribution in [0.1, 0.15) is 30.6 Å². The third-order valence-electron chi connectivity index (χ3n) is 3.27. The summed E-state index contributed by atoms with van der Waals surface area (Å²) in [5, 5.41) is 7.85. The second-order valence-corrected chi connectivity index (χ2v) is 5.51. The molecule has 1 aromatic carbocycles. The molecule has 0 radical (unpaired) electrons. The normalized spacial score (nSPS) is 12.4. The molecule has 1 unspecified atom stereocenters. The van der Waals surface area contributed by atoms with Crippen LogP contribution in [0, 0.1) is 0 Å². The van der Waals surface area contributed by atoms with E-state index in [1.54, 1.807) is 7.11 Å². The highest BCUT2D eigenvalue weighted by Crippen LogP contribution is 2.31. The van der Waals surface area contributed by atoms with Crippen molar-refractivity contribution in [2.24, 2.45) is 7.05 Å². The Bertz CT molecular complexity index is 568. The van der Waals surface area contributed by atoms with Crippen molar-refractivity contribution in [1.82, 2.24) is 15.1 Å². The number of hydrogen-bond donors (Lipinski definition) is 1. The SMILES string of the molecule is CCCNC(c1cc(OC)ccc1Br)c1ccnn1C. The van der Waals surface area contributed by atoms with Gasteiger partial charge in [-0.1, -0.05) is 22.9 Å². The van der Waals surface area contributed by atoms with Gasteiger partial charge in [-0.25, -0.2) is 0 Å². The Hall–Kier alpha value is -1.33. The van der Waals surface area contributed by atoms with Crippen molar-refractivity contribution in [3.63, 3.8) is 0 Å². The van der Waals surface area contributed by atoms with Gasteiger partial charge in [0.1, 0.15) is 5.75 Å². The molecule has 2 rings (SSSR count). The molecular weight excluding hydrogens is 318 g/mol. The molecule has 1 aromatic heterocycles. The second-order valence-electron chi connectivity index (χ2n) is 4.65. The van der Waals surface area contributed by atoms with Gasteiger partial charge in [-0.3, -0.25) is 4.68 Å². The first-order chi connectivity index (χ1) is 9.67. The van der Waals surface area contributed by atoms with Crippen LogP contribution in [-0.4, -0.2) is 23.4 Å². The number of benzene rings is 1. The molecular formula is C15H20BrN3O. The van der Waals surface area contributed by atoms with Crippen LogP contribution in [0.3, 0.4) is 0 Å². The molecule has 0 aliphatic carbocycles. The Morgan fingerprint density at radius 2 is 2.20 bits per heavy atom. The fraction of sp³-hybridized carbons (Fsp3) is 0.400. The molecule has 1 atom stereocenters. The molecule has 1 N–H and O–H groups in total. The van der Waals surface area contributed by atoms with Crippen molar-refractivity contribution < 1.29 is 4.74 Å². The van der Waals surface area contributed by atoms with Crippen LogP contribution in [-0.2, 0) is 7.05 Å². The maximum atomic E-state index is 5.34. The van der Waals surface area contributed by atoms with Gasteiger partial charge < -0.3 is 10.1 Å². The third-order valence-corrected chi connectivity index (χ3v) is 3.99. The first-order valence-corrected chi connectivity index (χ1v) is 7.51. The predicted molar refractivity (Wildman–Crippen MR) is 84.0 cm³/mol. The maximum Gasteiger partial charge on any atom is 0.119 e. The zero-order valence-electron chi connectivity index (χ0n) is 12.1. The van der Waals surface area contributed by atoms with Crippen LogP contribution >= 0.6 is 15.9 Å². The average molecular weight is 338 g/mol. The molecule has 1 heterocycles. The van der Waals surface area contributed by atoms with Gasteiger partial charge in [0.15, 0.2) is 0 Å². The first-order valence-electron chi connectivity index (χ1n) is 6.72. The maximum absolute atomic E-state index is 5.34. The van der Waals surface area contributed by atoms with Crippen LogP contribution in [0.25, 0.3) is 0 Å². The van der Waals surface area contributed by atoms with Crippen LogP contribution < -0.4 is 10.1 Å². The lowest BCUT2D eigenvalue weighted by molar-refractivity contribution is 0.413. The van der Waals surface area contributed by atoms with Crippen LogP contribution in [0.4, 0.5) is 0 Å². The minimum Gasteiger partial charge on any atom is -0.497 e. The highest BCUT2D eigenvalue weighted by molar-refractivity contribution is 9.10. The molecule has 0 saturated carbocycles. The summed E-state index contributed by atoms with van der Waals surface area (Å²) in [6, 6.07) is 8.16. The van der Waals surface area contributed by atoms with Gasteiger partial charge in [0.2, 0.25) is 0 Å². The summed E-state index contributed by atoms with van der Waals surface area (Å²) < 4.78 is 8.31. The van der Waals surface area contributed by atoms with E-state index >= 15 is 0 Å². The van der Waals surface area contributed by atoms with E-state index in [0.29, 0.717) is 0 Å². The molecule has 0 fully saturated rings. The van der Waals surface area contributed by atoms with E-state index < -0.39 is 0 Å². The van der Waals surface area contributed by atoms with E-state index in [9.17, 15) is 0 Å². The van der Waals surface area contributed by atoms with E-state index in [4.69, 9.17) is 4.74 Å². The lowest BCUT2D eigenvalue weighted by Gasteiger charge is -2.21. The van der Waals surface area contributed by atoms with Crippen molar-refractivity contribution in [3.05, 3.63) is 46.2 Å². The number of halogens is 1. The van der Waals surface area contributed by atoms with Crippen LogP contribution in [0.15, 0.2) is 34.9 Å². The zero-order chi connectivity index (χ0) is 14.5. The number of methoxy groups -OCH3 is 1. The Labute approximate surface area is 128 Å². The minimum atomic E-state index is 0.0897. The lowest BCUT2D eigenvalue weighted by atomic mass is 10.0. The fourth-order valence-electron chi connectivity index (χ4n) is 2.20. The van der Waals surface area contributed by atoms with Gasteiger partial charge in [-0.15, -0.1) is 0 Å². The third kappa shape index (κ3) is 3.22. The number of nitrogens with zero attached hydrogens (tertiary/aromatic N) is 2. The van der Waals surface area contributed by atoms with Gasteiger partial charge in [0.25, 0.3) is 0 Å². The Balaban J connectivity index is 2.43. The first kappa shape index (κ1) is 15.1. The molecule has 0 bridgehead atoms. The van der Waals surface area contributed by atoms with Gasteiger partial charge >= 0.3 is 0 Å². The molecule has 4 nitrogen and oxygen atoms in total. The predicted octanol–water partition coefficient (Wildman–Crippen LogP) is 3.28. The van der Waals surface area contributed by atoms with E-state index in [1.165, 1.54) is 0 Å². The smallest absolute Gasteiger partial charge is 0.119 e. The molecule has 0 aliphatic heterocycles. The molecule has 0 aliphatic rings. The number of rotatable bonds is 6. The Morgan fingerprint density at radius 3 is 2.80 bits per heavy atom. The summed E-state index contributed by atoms with van der Waals surface area (Å²) in [6.07, 6.45) is 2.90. The van der Waals surface area contributed by atoms with Crippen molar-refractivity contribution in [1.29, 1.82) is 0 Å². The van der Waals surface area contributed by atoms with Crippen molar-refractivity contribution >= 4 is 15.9 Å². The number of ether oxygens (including phenoxy) is 1. The fourth-order valence-corrected chi connectivity index (χ4v) is 2.68. The largest absolute Gasteiger partial charge is 0.497 e. The molecule has 0 spiro atoms. The van der Waals surface area contributed by atoms with Gasteiger partial charge in [-0.05, 0) is 42.8 Å². The molecule has 0 amide bonds. The summed E-state index contributed by atoms with van der Waals surface area (Å²) in [7, 11) is 3.65. The highest BCUT2D eigenvalue weighted by atomic mass is 79.9. The van der Waals surface area contributed by atoms with E-state index in [1.807, 2.05) is 36.1 Å². The zero-order valence-corrected chi connectivity index (χ0v) is 13.6. The average Bonchev–Trinajstić information content (AvgIpc) is 2.87. The summed E-state index contributed by atoms with van der Waals surface area (Å²) >= 11 is 3.64. The minimum absolute atomic E-state index is 0.0897. The number of aryl methyl sites for hydroxylation is 1. The second kappa shape index (κ2) is 6.90. The van der Waals surface area contributed by atoms with Gasteiger partial charge in [0.05, 0.1) is 18.8 Å². The number of aromatic nitrogens is 2. The highest BCUT2D eigenvalue weighted by Gasteiger charge is 2.19. The topological polar surface area (TPSA) is 39.1 Å². The van der Waals surface area contributed by atoms with Crippen molar-refractivity contribution in [2.75, 3.05) is 13.7 Å². The quantitative estimate of drug-likeness (QED) is 0.879. The Kier molecular flexibility index (Phi) is 5.20. The molecule has 2 aromatic rings. The summed E-state index contributed by atoms with van der Waals surface area (Å²) in [5.74, 6) is 0.855. The van der Waals surface area contributed by atoms with E-state index in [0.717, 1.165) is 34.4 Å². The molecule has 20 heavy (non-hydrogen) atoms. The number of nitrogens with one attached hydrogen (secondary N) is 1. The van der Waals surface area contributed by atoms with E-state index in [2.05, 4.69) is 39.3 Å². The van der Waals surface area contributed by atoms with E-state index in [-0.39, 0.29) is 6.04 Å². The van der Waals surface area contributed by atoms with Gasteiger partial charge in [0, 0.05) is 17.7 Å². The molecule has 0 saturated heterocycles. The standard InChI is InChI=1S/C15H20BrN3O/c1-4-8-17-15(14-7-9-18-19(14)2)12-10-11(20-3)5-6-13(12)16/h5-7,9-10,15,17H,4,8H2,1-3H3.